The molecular formula is C21H22N2O4. The Kier molecular flexibility index (Phi) is 6.10. The van der Waals surface area contributed by atoms with Crippen LogP contribution < -0.4 is 9.47 Å². The van der Waals surface area contributed by atoms with Crippen LogP contribution in [0.5, 0.6) is 11.5 Å². The number of benzene rings is 2. The van der Waals surface area contributed by atoms with E-state index in [0.29, 0.717) is 24.7 Å². The maximum atomic E-state index is 12.4. The Morgan fingerprint density at radius 2 is 1.78 bits per heavy atom. The minimum absolute atomic E-state index is 0.0405. The predicted molar refractivity (Wildman–Crippen MR) is 102 cm³/mol. The van der Waals surface area contributed by atoms with Gasteiger partial charge >= 0.3 is 0 Å². The molecule has 0 radical (unpaired) electrons. The van der Waals surface area contributed by atoms with Crippen LogP contribution in [0.25, 0.3) is 11.5 Å². The number of rotatable bonds is 8. The van der Waals surface area contributed by atoms with Crippen molar-refractivity contribution in [1.29, 1.82) is 0 Å². The number of hydrogen-bond donors (Lipinski definition) is 0. The van der Waals surface area contributed by atoms with Gasteiger partial charge in [0.2, 0.25) is 11.8 Å². The minimum atomic E-state index is -0.0405. The summed E-state index contributed by atoms with van der Waals surface area (Å²) in [6.45, 7) is 0.886. The third-order valence-electron chi connectivity index (χ3n) is 4.09. The van der Waals surface area contributed by atoms with E-state index in [2.05, 4.69) is 4.98 Å². The quantitative estimate of drug-likeness (QED) is 0.611. The van der Waals surface area contributed by atoms with E-state index in [4.69, 9.17) is 13.9 Å². The molecule has 0 saturated carbocycles. The fourth-order valence-electron chi connectivity index (χ4n) is 2.49. The normalized spacial score (nSPS) is 10.4. The van der Waals surface area contributed by atoms with E-state index >= 15 is 0 Å². The van der Waals surface area contributed by atoms with Gasteiger partial charge in [-0.2, -0.15) is 0 Å². The highest BCUT2D eigenvalue weighted by molar-refractivity contribution is 5.78. The van der Waals surface area contributed by atoms with Gasteiger partial charge in [-0.25, -0.2) is 4.98 Å². The van der Waals surface area contributed by atoms with Crippen molar-refractivity contribution in [2.75, 3.05) is 27.3 Å². The van der Waals surface area contributed by atoms with Crippen molar-refractivity contribution in [3.63, 3.8) is 0 Å². The largest absolute Gasteiger partial charge is 0.497 e. The Balaban J connectivity index is 1.47. The first-order valence-corrected chi connectivity index (χ1v) is 8.66. The summed E-state index contributed by atoms with van der Waals surface area (Å²) >= 11 is 0. The summed E-state index contributed by atoms with van der Waals surface area (Å²) in [6, 6.07) is 16.9. The van der Waals surface area contributed by atoms with Gasteiger partial charge in [0, 0.05) is 12.6 Å². The zero-order valence-electron chi connectivity index (χ0n) is 15.4. The lowest BCUT2D eigenvalue weighted by Crippen LogP contribution is -2.32. The second kappa shape index (κ2) is 8.89. The van der Waals surface area contributed by atoms with Gasteiger partial charge in [0.15, 0.2) is 0 Å². The molecule has 0 aliphatic heterocycles. The van der Waals surface area contributed by atoms with Crippen LogP contribution in [0.15, 0.2) is 65.3 Å². The fourth-order valence-corrected chi connectivity index (χ4v) is 2.49. The summed E-state index contributed by atoms with van der Waals surface area (Å²) in [5.74, 6) is 1.99. The monoisotopic (exact) mass is 366 g/mol. The number of carbonyl (C=O) groups is 1. The number of ether oxygens (including phenoxy) is 2. The molecule has 0 atom stereocenters. The number of aromatic nitrogens is 1. The molecule has 0 aliphatic carbocycles. The lowest BCUT2D eigenvalue weighted by Gasteiger charge is -2.17. The lowest BCUT2D eigenvalue weighted by atomic mass is 10.2. The molecule has 0 spiro atoms. The zero-order chi connectivity index (χ0) is 19.1. The summed E-state index contributed by atoms with van der Waals surface area (Å²) in [7, 11) is 3.37. The average Bonchev–Trinajstić information content (AvgIpc) is 3.17. The van der Waals surface area contributed by atoms with Crippen molar-refractivity contribution in [3.8, 4) is 23.0 Å². The number of methoxy groups -OCH3 is 1. The fraction of sp³-hybridized carbons (Fsp3) is 0.238. The van der Waals surface area contributed by atoms with Crippen LogP contribution in [0.4, 0.5) is 0 Å². The van der Waals surface area contributed by atoms with Crippen LogP contribution in [-0.2, 0) is 11.2 Å². The number of oxazole rings is 1. The van der Waals surface area contributed by atoms with Crippen LogP contribution in [0.3, 0.4) is 0 Å². The highest BCUT2D eigenvalue weighted by Crippen LogP contribution is 2.19. The zero-order valence-corrected chi connectivity index (χ0v) is 15.4. The van der Waals surface area contributed by atoms with E-state index < -0.39 is 0 Å². The van der Waals surface area contributed by atoms with Crippen LogP contribution in [-0.4, -0.2) is 43.1 Å². The molecule has 2 aromatic carbocycles. The predicted octanol–water partition coefficient (Wildman–Crippen LogP) is 3.43. The van der Waals surface area contributed by atoms with Crippen LogP contribution in [0.2, 0.25) is 0 Å². The molecule has 1 heterocycles. The number of nitrogens with zero attached hydrogens (tertiary/aromatic N) is 2. The second-order valence-corrected chi connectivity index (χ2v) is 6.03. The van der Waals surface area contributed by atoms with E-state index in [-0.39, 0.29) is 12.3 Å². The Bertz CT molecular complexity index is 859. The average molecular weight is 366 g/mol. The smallest absolute Gasteiger partial charge is 0.228 e. The first-order chi connectivity index (χ1) is 13.2. The summed E-state index contributed by atoms with van der Waals surface area (Å²) in [4.78, 5) is 18.4. The lowest BCUT2D eigenvalue weighted by molar-refractivity contribution is -0.129. The molecule has 0 bridgehead atoms. The highest BCUT2D eigenvalue weighted by atomic mass is 16.5. The van der Waals surface area contributed by atoms with Gasteiger partial charge in [-0.05, 0) is 36.4 Å². The summed E-state index contributed by atoms with van der Waals surface area (Å²) in [5, 5.41) is 0. The SMILES string of the molecule is COc1ccc(OCCN(C)C(=O)Cc2coc(-c3ccccc3)n2)cc1. The van der Waals surface area contributed by atoms with Gasteiger partial charge in [0.05, 0.1) is 25.8 Å². The van der Waals surface area contributed by atoms with E-state index in [9.17, 15) is 4.79 Å². The first-order valence-electron chi connectivity index (χ1n) is 8.66. The Labute approximate surface area is 158 Å². The van der Waals surface area contributed by atoms with Crippen molar-refractivity contribution in [2.24, 2.45) is 0 Å². The Morgan fingerprint density at radius 1 is 1.07 bits per heavy atom. The van der Waals surface area contributed by atoms with E-state index in [1.54, 1.807) is 19.1 Å². The van der Waals surface area contributed by atoms with Crippen molar-refractivity contribution in [3.05, 3.63) is 66.6 Å². The molecule has 0 fully saturated rings. The molecule has 0 saturated heterocycles. The molecule has 0 aliphatic rings. The van der Waals surface area contributed by atoms with Gasteiger partial charge in [-0.1, -0.05) is 18.2 Å². The molecule has 140 valence electrons. The Morgan fingerprint density at radius 3 is 2.48 bits per heavy atom. The molecule has 0 unspecified atom stereocenters. The third-order valence-corrected chi connectivity index (χ3v) is 4.09. The highest BCUT2D eigenvalue weighted by Gasteiger charge is 2.14. The van der Waals surface area contributed by atoms with Crippen molar-refractivity contribution in [2.45, 2.75) is 6.42 Å². The van der Waals surface area contributed by atoms with Gasteiger partial charge < -0.3 is 18.8 Å². The maximum absolute atomic E-state index is 12.4. The van der Waals surface area contributed by atoms with E-state index in [0.717, 1.165) is 17.1 Å². The molecule has 1 amide bonds. The number of amides is 1. The molecule has 3 rings (SSSR count). The molecular weight excluding hydrogens is 344 g/mol. The number of carbonyl (C=O) groups excluding carboxylic acids is 1. The van der Waals surface area contributed by atoms with Crippen LogP contribution >= 0.6 is 0 Å². The van der Waals surface area contributed by atoms with Crippen molar-refractivity contribution >= 4 is 5.91 Å². The van der Waals surface area contributed by atoms with Gasteiger partial charge in [-0.15, -0.1) is 0 Å². The summed E-state index contributed by atoms with van der Waals surface area (Å²) in [6.07, 6.45) is 1.72. The number of hydrogen-bond acceptors (Lipinski definition) is 5. The molecule has 6 nitrogen and oxygen atoms in total. The summed E-state index contributed by atoms with van der Waals surface area (Å²) < 4.78 is 16.2. The third kappa shape index (κ3) is 5.10. The topological polar surface area (TPSA) is 64.8 Å². The second-order valence-electron chi connectivity index (χ2n) is 6.03. The molecule has 1 aromatic heterocycles. The maximum Gasteiger partial charge on any atom is 0.228 e. The molecule has 6 heteroatoms. The molecule has 0 N–H and O–H groups in total. The van der Waals surface area contributed by atoms with E-state index in [1.165, 1.54) is 6.26 Å². The number of likely N-dealkylation sites (N-methyl/N-ethyl adjacent to an activating group) is 1. The first kappa shape index (κ1) is 18.5. The molecule has 27 heavy (non-hydrogen) atoms. The van der Waals surface area contributed by atoms with Crippen molar-refractivity contribution in [1.82, 2.24) is 9.88 Å². The van der Waals surface area contributed by atoms with E-state index in [1.807, 2.05) is 54.6 Å². The van der Waals surface area contributed by atoms with Crippen LogP contribution in [0.1, 0.15) is 5.69 Å². The Hall–Kier alpha value is -3.28. The van der Waals surface area contributed by atoms with Crippen molar-refractivity contribution < 1.29 is 18.7 Å². The molecule has 3 aromatic rings. The van der Waals surface area contributed by atoms with Gasteiger partial charge in [0.1, 0.15) is 24.4 Å². The standard InChI is InChI=1S/C21H22N2O4/c1-23(12-13-26-19-10-8-18(25-2)9-11-19)20(24)14-17-15-27-21(22-17)16-6-4-3-5-7-16/h3-11,15H,12-14H2,1-2H3. The van der Waals surface area contributed by atoms with Gasteiger partial charge in [0.25, 0.3) is 0 Å². The van der Waals surface area contributed by atoms with Gasteiger partial charge in [-0.3, -0.25) is 4.79 Å². The summed E-state index contributed by atoms with van der Waals surface area (Å²) in [5.41, 5.74) is 1.50. The van der Waals surface area contributed by atoms with Crippen LogP contribution in [0, 0.1) is 0 Å². The minimum Gasteiger partial charge on any atom is -0.497 e.